The highest BCUT2D eigenvalue weighted by atomic mass is 79.9. The third-order valence-electron chi connectivity index (χ3n) is 2.71. The smallest absolute Gasteiger partial charge is 0.205 e. The van der Waals surface area contributed by atoms with Gasteiger partial charge in [0, 0.05) is 10.5 Å². The maximum Gasteiger partial charge on any atom is 0.205 e. The zero-order valence-electron chi connectivity index (χ0n) is 9.27. The molecule has 0 amide bonds. The van der Waals surface area contributed by atoms with E-state index in [9.17, 15) is 4.39 Å². The summed E-state index contributed by atoms with van der Waals surface area (Å²) in [6, 6.07) is 12.0. The number of fused-ring (bicyclic) bond motifs is 1. The van der Waals surface area contributed by atoms with Crippen molar-refractivity contribution in [2.24, 2.45) is 0 Å². The maximum absolute atomic E-state index is 13.3. The lowest BCUT2D eigenvalue weighted by molar-refractivity contribution is 0.629. The zero-order chi connectivity index (χ0) is 12.7. The number of halogens is 2. The van der Waals surface area contributed by atoms with Crippen molar-refractivity contribution in [1.29, 1.82) is 0 Å². The summed E-state index contributed by atoms with van der Waals surface area (Å²) in [7, 11) is 0. The highest BCUT2D eigenvalue weighted by Gasteiger charge is 2.10. The second-order valence-corrected chi connectivity index (χ2v) is 4.83. The first-order valence-corrected chi connectivity index (χ1v) is 6.14. The van der Waals surface area contributed by atoms with Gasteiger partial charge in [0.25, 0.3) is 0 Å². The Kier molecular flexibility index (Phi) is 2.56. The van der Waals surface area contributed by atoms with E-state index < -0.39 is 0 Å². The molecule has 3 rings (SSSR count). The fourth-order valence-electron chi connectivity index (χ4n) is 1.95. The predicted molar refractivity (Wildman–Crippen MR) is 73.1 cm³/mol. The molecule has 2 aromatic carbocycles. The third kappa shape index (κ3) is 1.76. The molecule has 0 aliphatic carbocycles. The number of anilines is 1. The van der Waals surface area contributed by atoms with Gasteiger partial charge in [0.05, 0.1) is 16.7 Å². The van der Waals surface area contributed by atoms with Crippen molar-refractivity contribution in [3.05, 3.63) is 52.8 Å². The lowest BCUT2D eigenvalue weighted by Crippen LogP contribution is -2.00. The van der Waals surface area contributed by atoms with Crippen LogP contribution in [0.3, 0.4) is 0 Å². The molecule has 2 N–H and O–H groups in total. The van der Waals surface area contributed by atoms with Crippen LogP contribution in [0, 0.1) is 5.82 Å². The minimum Gasteiger partial charge on any atom is -0.369 e. The first kappa shape index (κ1) is 11.2. The molecule has 5 heteroatoms. The van der Waals surface area contributed by atoms with Crippen LogP contribution in [-0.2, 0) is 0 Å². The Morgan fingerprint density at radius 3 is 2.78 bits per heavy atom. The summed E-state index contributed by atoms with van der Waals surface area (Å²) >= 11 is 3.40. The van der Waals surface area contributed by atoms with Crippen molar-refractivity contribution in [1.82, 2.24) is 9.55 Å². The number of hydrogen-bond donors (Lipinski definition) is 1. The van der Waals surface area contributed by atoms with Gasteiger partial charge in [-0.15, -0.1) is 0 Å². The monoisotopic (exact) mass is 305 g/mol. The lowest BCUT2D eigenvalue weighted by Gasteiger charge is -2.06. The predicted octanol–water partition coefficient (Wildman–Crippen LogP) is 3.51. The lowest BCUT2D eigenvalue weighted by atomic mass is 10.2. The Morgan fingerprint density at radius 2 is 2.00 bits per heavy atom. The van der Waals surface area contributed by atoms with Crippen molar-refractivity contribution in [3.8, 4) is 5.69 Å². The van der Waals surface area contributed by atoms with E-state index in [4.69, 9.17) is 5.73 Å². The largest absolute Gasteiger partial charge is 0.369 e. The topological polar surface area (TPSA) is 43.8 Å². The van der Waals surface area contributed by atoms with Crippen LogP contribution in [0.25, 0.3) is 16.7 Å². The van der Waals surface area contributed by atoms with E-state index >= 15 is 0 Å². The quantitative estimate of drug-likeness (QED) is 0.747. The van der Waals surface area contributed by atoms with Crippen molar-refractivity contribution in [2.45, 2.75) is 0 Å². The molecule has 0 fully saturated rings. The Bertz CT molecular complexity index is 736. The molecule has 3 nitrogen and oxygen atoms in total. The number of benzene rings is 2. The van der Waals surface area contributed by atoms with Gasteiger partial charge in [-0.05, 0) is 30.3 Å². The summed E-state index contributed by atoms with van der Waals surface area (Å²) < 4.78 is 16.0. The molecule has 0 atom stereocenters. The van der Waals surface area contributed by atoms with E-state index in [2.05, 4.69) is 20.9 Å². The third-order valence-corrected chi connectivity index (χ3v) is 3.20. The molecule has 0 aliphatic heterocycles. The SMILES string of the molecule is Nc1nc2ccc(F)cc2n1-c1cccc(Br)c1. The highest BCUT2D eigenvalue weighted by molar-refractivity contribution is 9.10. The van der Waals surface area contributed by atoms with Gasteiger partial charge >= 0.3 is 0 Å². The number of rotatable bonds is 1. The van der Waals surface area contributed by atoms with Crippen LogP contribution >= 0.6 is 15.9 Å². The normalized spacial score (nSPS) is 11.0. The minimum atomic E-state index is -0.307. The molecule has 0 saturated carbocycles. The van der Waals surface area contributed by atoms with Crippen LogP contribution in [0.4, 0.5) is 10.3 Å². The van der Waals surface area contributed by atoms with Crippen LogP contribution in [0.1, 0.15) is 0 Å². The summed E-state index contributed by atoms with van der Waals surface area (Å²) in [5.41, 5.74) is 8.08. The molecular formula is C13H9BrFN3. The van der Waals surface area contributed by atoms with Gasteiger partial charge < -0.3 is 5.73 Å². The second-order valence-electron chi connectivity index (χ2n) is 3.92. The molecule has 3 aromatic rings. The van der Waals surface area contributed by atoms with E-state index in [1.807, 2.05) is 24.3 Å². The molecular weight excluding hydrogens is 297 g/mol. The van der Waals surface area contributed by atoms with Gasteiger partial charge in [0.2, 0.25) is 5.95 Å². The first-order valence-electron chi connectivity index (χ1n) is 5.34. The standard InChI is InChI=1S/C13H9BrFN3/c14-8-2-1-3-10(6-8)18-12-7-9(15)4-5-11(12)17-13(18)16/h1-7H,(H2,16,17). The molecule has 1 aromatic heterocycles. The van der Waals surface area contributed by atoms with Crippen molar-refractivity contribution in [3.63, 3.8) is 0 Å². The van der Waals surface area contributed by atoms with E-state index in [-0.39, 0.29) is 5.82 Å². The van der Waals surface area contributed by atoms with Gasteiger partial charge in [-0.25, -0.2) is 9.37 Å². The average molecular weight is 306 g/mol. The van der Waals surface area contributed by atoms with E-state index in [1.165, 1.54) is 12.1 Å². The zero-order valence-corrected chi connectivity index (χ0v) is 10.9. The van der Waals surface area contributed by atoms with E-state index in [0.29, 0.717) is 17.0 Å². The molecule has 90 valence electrons. The first-order chi connectivity index (χ1) is 8.65. The molecule has 0 radical (unpaired) electrons. The summed E-state index contributed by atoms with van der Waals surface area (Å²) in [5, 5.41) is 0. The molecule has 1 heterocycles. The Labute approximate surface area is 111 Å². The van der Waals surface area contributed by atoms with E-state index in [1.54, 1.807) is 10.6 Å². The number of nitrogen functional groups attached to an aromatic ring is 1. The van der Waals surface area contributed by atoms with Crippen LogP contribution < -0.4 is 5.73 Å². The number of aromatic nitrogens is 2. The molecule has 0 saturated heterocycles. The van der Waals surface area contributed by atoms with Crippen molar-refractivity contribution < 1.29 is 4.39 Å². The van der Waals surface area contributed by atoms with Gasteiger partial charge in [-0.1, -0.05) is 22.0 Å². The average Bonchev–Trinajstić information content (AvgIpc) is 2.64. The summed E-state index contributed by atoms with van der Waals surface area (Å²) in [5.74, 6) is 0.0346. The number of hydrogen-bond acceptors (Lipinski definition) is 2. The Balaban J connectivity index is 2.34. The van der Waals surface area contributed by atoms with Gasteiger partial charge in [-0.3, -0.25) is 4.57 Å². The van der Waals surface area contributed by atoms with Crippen LogP contribution in [-0.4, -0.2) is 9.55 Å². The molecule has 0 bridgehead atoms. The Morgan fingerprint density at radius 1 is 1.17 bits per heavy atom. The summed E-state index contributed by atoms with van der Waals surface area (Å²) in [4.78, 5) is 4.22. The van der Waals surface area contributed by atoms with Gasteiger partial charge in [0.1, 0.15) is 5.82 Å². The van der Waals surface area contributed by atoms with Gasteiger partial charge in [-0.2, -0.15) is 0 Å². The van der Waals surface area contributed by atoms with Crippen molar-refractivity contribution >= 4 is 32.9 Å². The maximum atomic E-state index is 13.3. The number of imidazole rings is 1. The number of nitrogens with two attached hydrogens (primary N) is 1. The second kappa shape index (κ2) is 4.10. The fraction of sp³-hybridized carbons (Fsp3) is 0. The van der Waals surface area contributed by atoms with Gasteiger partial charge in [0.15, 0.2) is 0 Å². The van der Waals surface area contributed by atoms with Crippen molar-refractivity contribution in [2.75, 3.05) is 5.73 Å². The van der Waals surface area contributed by atoms with Crippen LogP contribution in [0.5, 0.6) is 0 Å². The summed E-state index contributed by atoms with van der Waals surface area (Å²) in [6.45, 7) is 0. The Hall–Kier alpha value is -1.88. The minimum absolute atomic E-state index is 0.307. The van der Waals surface area contributed by atoms with Crippen LogP contribution in [0.15, 0.2) is 46.9 Å². The number of nitrogens with zero attached hydrogens (tertiary/aromatic N) is 2. The van der Waals surface area contributed by atoms with E-state index in [0.717, 1.165) is 10.2 Å². The highest BCUT2D eigenvalue weighted by Crippen LogP contribution is 2.25. The molecule has 18 heavy (non-hydrogen) atoms. The summed E-state index contributed by atoms with van der Waals surface area (Å²) in [6.07, 6.45) is 0. The van der Waals surface area contributed by atoms with Crippen LogP contribution in [0.2, 0.25) is 0 Å². The molecule has 0 spiro atoms. The molecule has 0 aliphatic rings. The molecule has 0 unspecified atom stereocenters. The fourth-order valence-corrected chi connectivity index (χ4v) is 2.34.